The molecule has 2 rings (SSSR count). The normalized spacial score (nSPS) is 11.4. The molecule has 0 fully saturated rings. The highest BCUT2D eigenvalue weighted by molar-refractivity contribution is 7.93. The van der Waals surface area contributed by atoms with E-state index >= 15 is 0 Å². The Morgan fingerprint density at radius 2 is 2.06 bits per heavy atom. The van der Waals surface area contributed by atoms with Crippen molar-refractivity contribution in [3.05, 3.63) is 29.5 Å². The Labute approximate surface area is 109 Å². The van der Waals surface area contributed by atoms with Crippen LogP contribution in [0.2, 0.25) is 0 Å². The lowest BCUT2D eigenvalue weighted by Gasteiger charge is -2.11. The van der Waals surface area contributed by atoms with Gasteiger partial charge in [-0.2, -0.15) is 0 Å². The van der Waals surface area contributed by atoms with Gasteiger partial charge in [-0.25, -0.2) is 8.42 Å². The highest BCUT2D eigenvalue weighted by Crippen LogP contribution is 2.25. The summed E-state index contributed by atoms with van der Waals surface area (Å²) < 4.78 is 30.4. The molecular weight excluding hydrogens is 272 g/mol. The van der Waals surface area contributed by atoms with Crippen molar-refractivity contribution in [2.45, 2.75) is 18.7 Å². The first-order chi connectivity index (χ1) is 8.40. The third-order valence-corrected chi connectivity index (χ3v) is 4.73. The van der Waals surface area contributed by atoms with Crippen LogP contribution in [0.3, 0.4) is 0 Å². The van der Waals surface area contributed by atoms with Crippen molar-refractivity contribution in [2.24, 2.45) is 0 Å². The van der Waals surface area contributed by atoms with Gasteiger partial charge in [0, 0.05) is 17.2 Å². The summed E-state index contributed by atoms with van der Waals surface area (Å²) in [4.78, 5) is 0.174. The van der Waals surface area contributed by atoms with E-state index in [4.69, 9.17) is 5.73 Å². The second-order valence-electron chi connectivity index (χ2n) is 3.85. The zero-order valence-electron chi connectivity index (χ0n) is 9.84. The van der Waals surface area contributed by atoms with Gasteiger partial charge in [-0.3, -0.25) is 4.72 Å². The molecule has 1 aromatic carbocycles. The van der Waals surface area contributed by atoms with E-state index in [0.717, 1.165) is 17.1 Å². The number of nitrogen functional groups attached to an aromatic ring is 1. The van der Waals surface area contributed by atoms with Gasteiger partial charge >= 0.3 is 0 Å². The summed E-state index contributed by atoms with van der Waals surface area (Å²) in [6, 6.07) is 3.18. The number of hydrogen-bond donors (Lipinski definition) is 2. The first-order valence-electron chi connectivity index (χ1n) is 5.07. The molecule has 8 heteroatoms. The zero-order valence-corrected chi connectivity index (χ0v) is 11.5. The number of aromatic nitrogens is 2. The van der Waals surface area contributed by atoms with Crippen LogP contribution in [0.5, 0.6) is 0 Å². The predicted molar refractivity (Wildman–Crippen MR) is 71.0 cm³/mol. The Morgan fingerprint density at radius 1 is 1.33 bits per heavy atom. The molecule has 0 spiro atoms. The van der Waals surface area contributed by atoms with Gasteiger partial charge in [0.25, 0.3) is 10.0 Å². The molecule has 0 unspecified atom stereocenters. The van der Waals surface area contributed by atoms with Crippen LogP contribution >= 0.6 is 11.5 Å². The third-order valence-electron chi connectivity index (χ3n) is 2.53. The number of rotatable bonds is 3. The maximum absolute atomic E-state index is 12.2. The van der Waals surface area contributed by atoms with E-state index < -0.39 is 10.0 Å². The fraction of sp³-hybridized carbons (Fsp3) is 0.200. The van der Waals surface area contributed by atoms with Gasteiger partial charge in [-0.15, -0.1) is 5.10 Å². The van der Waals surface area contributed by atoms with Gasteiger partial charge in [0.05, 0.1) is 11.1 Å². The molecule has 0 amide bonds. The van der Waals surface area contributed by atoms with Gasteiger partial charge in [0.15, 0.2) is 0 Å². The second-order valence-corrected chi connectivity index (χ2v) is 6.28. The SMILES string of the molecule is Cc1cc(N)cc(S(=O)(=O)Nc2cnns2)c1C. The van der Waals surface area contributed by atoms with Crippen LogP contribution in [0, 0.1) is 13.8 Å². The molecule has 0 aliphatic heterocycles. The van der Waals surface area contributed by atoms with E-state index in [-0.39, 0.29) is 4.90 Å². The average Bonchev–Trinajstić information content (AvgIpc) is 2.75. The quantitative estimate of drug-likeness (QED) is 0.833. The summed E-state index contributed by atoms with van der Waals surface area (Å²) in [6.45, 7) is 3.56. The minimum atomic E-state index is -3.66. The van der Waals surface area contributed by atoms with E-state index in [1.807, 2.05) is 6.92 Å². The van der Waals surface area contributed by atoms with E-state index in [9.17, 15) is 8.42 Å². The topological polar surface area (TPSA) is 98.0 Å². The summed E-state index contributed by atoms with van der Waals surface area (Å²) in [5.74, 6) is 0. The molecule has 3 N–H and O–H groups in total. The van der Waals surface area contributed by atoms with Crippen LogP contribution in [0.4, 0.5) is 10.7 Å². The van der Waals surface area contributed by atoms with Gasteiger partial charge in [0.1, 0.15) is 5.00 Å². The molecule has 0 aliphatic carbocycles. The number of benzene rings is 1. The Balaban J connectivity index is 2.48. The number of nitrogens with zero attached hydrogens (tertiary/aromatic N) is 2. The molecule has 0 bridgehead atoms. The van der Waals surface area contributed by atoms with Crippen LogP contribution in [0.25, 0.3) is 0 Å². The summed E-state index contributed by atoms with van der Waals surface area (Å²) in [7, 11) is -3.66. The first kappa shape index (κ1) is 12.8. The van der Waals surface area contributed by atoms with Crippen molar-refractivity contribution >= 4 is 32.2 Å². The molecule has 0 saturated carbocycles. The summed E-state index contributed by atoms with van der Waals surface area (Å²) >= 11 is 0.976. The lowest BCUT2D eigenvalue weighted by Crippen LogP contribution is -2.14. The summed E-state index contributed by atoms with van der Waals surface area (Å²) in [5.41, 5.74) is 7.61. The highest BCUT2D eigenvalue weighted by Gasteiger charge is 2.19. The fourth-order valence-electron chi connectivity index (χ4n) is 1.53. The van der Waals surface area contributed by atoms with Crippen molar-refractivity contribution in [3.8, 4) is 0 Å². The van der Waals surface area contributed by atoms with Crippen LogP contribution in [0.1, 0.15) is 11.1 Å². The van der Waals surface area contributed by atoms with E-state index in [0.29, 0.717) is 16.3 Å². The van der Waals surface area contributed by atoms with Crippen LogP contribution in [0.15, 0.2) is 23.2 Å². The fourth-order valence-corrected chi connectivity index (χ4v) is 3.57. The van der Waals surface area contributed by atoms with Gasteiger partial charge < -0.3 is 5.73 Å². The highest BCUT2D eigenvalue weighted by atomic mass is 32.2. The molecule has 96 valence electrons. The largest absolute Gasteiger partial charge is 0.399 e. The van der Waals surface area contributed by atoms with E-state index in [1.165, 1.54) is 12.3 Å². The molecule has 1 heterocycles. The summed E-state index contributed by atoms with van der Waals surface area (Å²) in [6.07, 6.45) is 1.36. The number of nitrogens with two attached hydrogens (primary N) is 1. The van der Waals surface area contributed by atoms with Crippen molar-refractivity contribution in [2.75, 3.05) is 10.5 Å². The lowest BCUT2D eigenvalue weighted by molar-refractivity contribution is 0.600. The number of anilines is 2. The Hall–Kier alpha value is -1.67. The Morgan fingerprint density at radius 3 is 2.67 bits per heavy atom. The molecule has 2 aromatic rings. The monoisotopic (exact) mass is 284 g/mol. The Kier molecular flexibility index (Phi) is 3.22. The number of nitrogens with one attached hydrogen (secondary N) is 1. The molecule has 1 aromatic heterocycles. The third kappa shape index (κ3) is 2.44. The first-order valence-corrected chi connectivity index (χ1v) is 7.33. The van der Waals surface area contributed by atoms with Crippen LogP contribution < -0.4 is 10.5 Å². The molecular formula is C10H12N4O2S2. The Bertz CT molecular complexity index is 665. The molecule has 18 heavy (non-hydrogen) atoms. The minimum Gasteiger partial charge on any atom is -0.399 e. The van der Waals surface area contributed by atoms with Crippen LogP contribution in [-0.4, -0.2) is 18.0 Å². The van der Waals surface area contributed by atoms with E-state index in [1.54, 1.807) is 13.0 Å². The number of hydrogen-bond acceptors (Lipinski definition) is 6. The second kappa shape index (κ2) is 4.54. The van der Waals surface area contributed by atoms with Crippen molar-refractivity contribution in [1.29, 1.82) is 0 Å². The predicted octanol–water partition coefficient (Wildman–Crippen LogP) is 1.54. The molecule has 0 atom stereocenters. The van der Waals surface area contributed by atoms with E-state index in [2.05, 4.69) is 14.3 Å². The molecule has 0 aliphatic rings. The minimum absolute atomic E-state index is 0.174. The van der Waals surface area contributed by atoms with Crippen molar-refractivity contribution in [3.63, 3.8) is 0 Å². The van der Waals surface area contributed by atoms with Crippen LogP contribution in [-0.2, 0) is 10.0 Å². The zero-order chi connectivity index (χ0) is 13.3. The van der Waals surface area contributed by atoms with Gasteiger partial charge in [0.2, 0.25) is 0 Å². The maximum atomic E-state index is 12.2. The van der Waals surface area contributed by atoms with Gasteiger partial charge in [-0.05, 0) is 37.1 Å². The smallest absolute Gasteiger partial charge is 0.262 e. The van der Waals surface area contributed by atoms with Crippen molar-refractivity contribution < 1.29 is 8.42 Å². The molecule has 0 saturated heterocycles. The van der Waals surface area contributed by atoms with Crippen molar-refractivity contribution in [1.82, 2.24) is 9.59 Å². The standard InChI is InChI=1S/C10H12N4O2S2/c1-6-3-8(11)4-9(7(6)2)18(15,16)13-10-5-12-14-17-10/h3-5,13H,11H2,1-2H3. The van der Waals surface area contributed by atoms with Gasteiger partial charge in [-0.1, -0.05) is 4.49 Å². The number of aryl methyl sites for hydroxylation is 1. The molecule has 0 radical (unpaired) electrons. The average molecular weight is 284 g/mol. The molecule has 6 nitrogen and oxygen atoms in total. The number of sulfonamides is 1. The summed E-state index contributed by atoms with van der Waals surface area (Å²) in [5, 5.41) is 3.94. The maximum Gasteiger partial charge on any atom is 0.262 e. The lowest BCUT2D eigenvalue weighted by atomic mass is 10.1.